The van der Waals surface area contributed by atoms with Crippen LogP contribution in [0.1, 0.15) is 5.56 Å². The Balaban J connectivity index is 2.44. The Hall–Kier alpha value is -0.410. The molecule has 0 aliphatic rings. The molecule has 11 heavy (non-hydrogen) atoms. The van der Waals surface area contributed by atoms with Crippen LogP contribution in [0.3, 0.4) is 0 Å². The number of hydrogen-bond donors (Lipinski definition) is 1. The Bertz CT molecular complexity index is 208. The maximum atomic E-state index is 5.47. The SMILES string of the molecule is CSCCn1ccc(CN)c1. The molecule has 62 valence electrons. The van der Waals surface area contributed by atoms with Gasteiger partial charge < -0.3 is 10.3 Å². The fraction of sp³-hybridized carbons (Fsp3) is 0.500. The highest BCUT2D eigenvalue weighted by Gasteiger charge is 1.92. The van der Waals surface area contributed by atoms with Crippen molar-refractivity contribution in [2.75, 3.05) is 12.0 Å². The highest BCUT2D eigenvalue weighted by molar-refractivity contribution is 7.98. The average molecular weight is 170 g/mol. The molecule has 1 aromatic heterocycles. The first-order chi connectivity index (χ1) is 5.36. The van der Waals surface area contributed by atoms with Crippen molar-refractivity contribution in [3.63, 3.8) is 0 Å². The number of aromatic nitrogens is 1. The summed E-state index contributed by atoms with van der Waals surface area (Å²) in [7, 11) is 0. The first-order valence-electron chi connectivity index (χ1n) is 3.70. The van der Waals surface area contributed by atoms with E-state index in [0.29, 0.717) is 6.54 Å². The molecule has 2 nitrogen and oxygen atoms in total. The molecule has 3 heteroatoms. The molecule has 0 radical (unpaired) electrons. The lowest BCUT2D eigenvalue weighted by atomic mass is 10.4. The third kappa shape index (κ3) is 2.60. The Morgan fingerprint density at radius 3 is 3.00 bits per heavy atom. The largest absolute Gasteiger partial charge is 0.353 e. The highest BCUT2D eigenvalue weighted by Crippen LogP contribution is 2.01. The number of rotatable bonds is 4. The van der Waals surface area contributed by atoms with Gasteiger partial charge in [0, 0.05) is 31.2 Å². The maximum absolute atomic E-state index is 5.47. The lowest BCUT2D eigenvalue weighted by Crippen LogP contribution is -1.97. The van der Waals surface area contributed by atoms with Gasteiger partial charge in [0.2, 0.25) is 0 Å². The molecule has 0 aliphatic heterocycles. The van der Waals surface area contributed by atoms with Gasteiger partial charge in [-0.05, 0) is 17.9 Å². The zero-order chi connectivity index (χ0) is 8.10. The summed E-state index contributed by atoms with van der Waals surface area (Å²) in [5.74, 6) is 1.17. The normalized spacial score (nSPS) is 10.4. The third-order valence-corrected chi connectivity index (χ3v) is 2.19. The minimum atomic E-state index is 0.645. The van der Waals surface area contributed by atoms with Gasteiger partial charge in [0.25, 0.3) is 0 Å². The van der Waals surface area contributed by atoms with E-state index in [9.17, 15) is 0 Å². The summed E-state index contributed by atoms with van der Waals surface area (Å²) < 4.78 is 2.18. The van der Waals surface area contributed by atoms with Crippen LogP contribution in [0.15, 0.2) is 18.5 Å². The summed E-state index contributed by atoms with van der Waals surface area (Å²) in [6.07, 6.45) is 6.31. The smallest absolute Gasteiger partial charge is 0.0310 e. The van der Waals surface area contributed by atoms with E-state index in [-0.39, 0.29) is 0 Å². The van der Waals surface area contributed by atoms with Crippen LogP contribution in [0.5, 0.6) is 0 Å². The molecular formula is C8H14N2S. The van der Waals surface area contributed by atoms with Gasteiger partial charge in [-0.15, -0.1) is 0 Å². The average Bonchev–Trinajstić information content (AvgIpc) is 2.48. The second-order valence-electron chi connectivity index (χ2n) is 2.45. The standard InChI is InChI=1S/C8H14N2S/c1-11-5-4-10-3-2-8(6-9)7-10/h2-3,7H,4-6,9H2,1H3. The number of nitrogens with zero attached hydrogens (tertiary/aromatic N) is 1. The fourth-order valence-corrected chi connectivity index (χ4v) is 1.34. The molecular weight excluding hydrogens is 156 g/mol. The molecule has 0 saturated heterocycles. The molecule has 2 N–H and O–H groups in total. The van der Waals surface area contributed by atoms with Crippen molar-refractivity contribution < 1.29 is 0 Å². The summed E-state index contributed by atoms with van der Waals surface area (Å²) >= 11 is 1.86. The Morgan fingerprint density at radius 2 is 2.45 bits per heavy atom. The van der Waals surface area contributed by atoms with Gasteiger partial charge >= 0.3 is 0 Å². The van der Waals surface area contributed by atoms with E-state index in [2.05, 4.69) is 29.3 Å². The molecule has 0 fully saturated rings. The molecule has 0 saturated carbocycles. The molecule has 1 rings (SSSR count). The maximum Gasteiger partial charge on any atom is 0.0310 e. The third-order valence-electron chi connectivity index (χ3n) is 1.60. The van der Waals surface area contributed by atoms with Crippen LogP contribution in [0.2, 0.25) is 0 Å². The summed E-state index contributed by atoms with van der Waals surface area (Å²) in [5.41, 5.74) is 6.69. The van der Waals surface area contributed by atoms with Gasteiger partial charge in [-0.2, -0.15) is 11.8 Å². The van der Waals surface area contributed by atoms with E-state index in [4.69, 9.17) is 5.73 Å². The van der Waals surface area contributed by atoms with Gasteiger partial charge in [-0.1, -0.05) is 0 Å². The number of hydrogen-bond acceptors (Lipinski definition) is 2. The zero-order valence-electron chi connectivity index (χ0n) is 6.79. The molecule has 0 bridgehead atoms. The topological polar surface area (TPSA) is 30.9 Å². The van der Waals surface area contributed by atoms with E-state index in [0.717, 1.165) is 6.54 Å². The van der Waals surface area contributed by atoms with E-state index < -0.39 is 0 Å². The predicted molar refractivity (Wildman–Crippen MR) is 50.7 cm³/mol. The highest BCUT2D eigenvalue weighted by atomic mass is 32.2. The van der Waals surface area contributed by atoms with E-state index in [1.807, 2.05) is 11.8 Å². The Morgan fingerprint density at radius 1 is 1.64 bits per heavy atom. The Kier molecular flexibility index (Phi) is 3.52. The number of aryl methyl sites for hydroxylation is 1. The van der Waals surface area contributed by atoms with Crippen molar-refractivity contribution in [1.82, 2.24) is 4.57 Å². The van der Waals surface area contributed by atoms with Gasteiger partial charge in [-0.25, -0.2) is 0 Å². The molecule has 1 aromatic rings. The summed E-state index contributed by atoms with van der Waals surface area (Å²) in [4.78, 5) is 0. The summed E-state index contributed by atoms with van der Waals surface area (Å²) in [6.45, 7) is 1.73. The number of nitrogens with two attached hydrogens (primary N) is 1. The van der Waals surface area contributed by atoms with E-state index in [1.54, 1.807) is 0 Å². The van der Waals surface area contributed by atoms with Crippen molar-refractivity contribution in [3.8, 4) is 0 Å². The van der Waals surface area contributed by atoms with Gasteiger partial charge in [0.1, 0.15) is 0 Å². The number of thioether (sulfide) groups is 1. The monoisotopic (exact) mass is 170 g/mol. The molecule has 0 amide bonds. The first-order valence-corrected chi connectivity index (χ1v) is 5.10. The van der Waals surface area contributed by atoms with Crippen LogP contribution >= 0.6 is 11.8 Å². The molecule has 0 unspecified atom stereocenters. The van der Waals surface area contributed by atoms with E-state index >= 15 is 0 Å². The van der Waals surface area contributed by atoms with Gasteiger partial charge in [0.05, 0.1) is 0 Å². The van der Waals surface area contributed by atoms with Crippen molar-refractivity contribution in [2.45, 2.75) is 13.1 Å². The summed E-state index contributed by atoms with van der Waals surface area (Å²) in [5, 5.41) is 0. The van der Waals surface area contributed by atoms with Crippen molar-refractivity contribution in [1.29, 1.82) is 0 Å². The Labute approximate surface area is 71.8 Å². The van der Waals surface area contributed by atoms with Crippen molar-refractivity contribution in [3.05, 3.63) is 24.0 Å². The van der Waals surface area contributed by atoms with Crippen LogP contribution in [0, 0.1) is 0 Å². The molecule has 0 aromatic carbocycles. The van der Waals surface area contributed by atoms with Crippen molar-refractivity contribution in [2.24, 2.45) is 5.73 Å². The fourth-order valence-electron chi connectivity index (χ4n) is 0.947. The van der Waals surface area contributed by atoms with Gasteiger partial charge in [0.15, 0.2) is 0 Å². The minimum Gasteiger partial charge on any atom is -0.353 e. The van der Waals surface area contributed by atoms with Crippen LogP contribution in [0.4, 0.5) is 0 Å². The molecule has 0 atom stereocenters. The van der Waals surface area contributed by atoms with Crippen LogP contribution in [-0.2, 0) is 13.1 Å². The van der Waals surface area contributed by atoms with Crippen LogP contribution < -0.4 is 5.73 Å². The van der Waals surface area contributed by atoms with Crippen LogP contribution in [0.25, 0.3) is 0 Å². The predicted octanol–water partition coefficient (Wildman–Crippen LogP) is 1.31. The van der Waals surface area contributed by atoms with Crippen molar-refractivity contribution >= 4 is 11.8 Å². The first kappa shape index (κ1) is 8.68. The lowest BCUT2D eigenvalue weighted by Gasteiger charge is -1.98. The quantitative estimate of drug-likeness (QED) is 0.738. The van der Waals surface area contributed by atoms with Gasteiger partial charge in [-0.3, -0.25) is 0 Å². The second kappa shape index (κ2) is 4.46. The lowest BCUT2D eigenvalue weighted by molar-refractivity contribution is 0.775. The minimum absolute atomic E-state index is 0.645. The van der Waals surface area contributed by atoms with Crippen LogP contribution in [-0.4, -0.2) is 16.6 Å². The molecule has 0 spiro atoms. The molecule has 1 heterocycles. The second-order valence-corrected chi connectivity index (χ2v) is 3.44. The molecule has 0 aliphatic carbocycles. The van der Waals surface area contributed by atoms with E-state index in [1.165, 1.54) is 11.3 Å². The zero-order valence-corrected chi connectivity index (χ0v) is 7.60. The summed E-state index contributed by atoms with van der Waals surface area (Å²) in [6, 6.07) is 2.07.